The minimum atomic E-state index is -0.522. The highest BCUT2D eigenvalue weighted by Gasteiger charge is 2.14. The number of rotatable bonds is 6. The van der Waals surface area contributed by atoms with Crippen LogP contribution in [0.2, 0.25) is 0 Å². The summed E-state index contributed by atoms with van der Waals surface area (Å²) in [5.41, 5.74) is 1.74. The van der Waals surface area contributed by atoms with E-state index in [-0.39, 0.29) is 23.6 Å². The minimum Gasteiger partial charge on any atom is -0.455 e. The van der Waals surface area contributed by atoms with E-state index in [9.17, 15) is 13.6 Å². The van der Waals surface area contributed by atoms with Crippen molar-refractivity contribution in [2.45, 2.75) is 26.7 Å². The molecule has 0 radical (unpaired) electrons. The number of carbonyl (C=O) groups excluding carboxylic acids is 1. The van der Waals surface area contributed by atoms with Crippen molar-refractivity contribution < 1.29 is 18.3 Å². The highest BCUT2D eigenvalue weighted by atomic mass is 19.1. The van der Waals surface area contributed by atoms with Gasteiger partial charge in [0.1, 0.15) is 28.8 Å². The topological polar surface area (TPSA) is 65.0 Å². The Bertz CT molecular complexity index is 993. The number of ether oxygens (including phenoxy) is 1. The second-order valence-corrected chi connectivity index (χ2v) is 6.00. The number of nitrogens with zero attached hydrogens (tertiary/aromatic N) is 3. The number of aryl methyl sites for hydroxylation is 2. The maximum absolute atomic E-state index is 13.3. The first-order valence-corrected chi connectivity index (χ1v) is 8.38. The fourth-order valence-electron chi connectivity index (χ4n) is 2.48. The lowest BCUT2D eigenvalue weighted by Gasteiger charge is -2.09. The largest absolute Gasteiger partial charge is 0.455 e. The number of ketones is 1. The normalized spacial score (nSPS) is 10.7. The van der Waals surface area contributed by atoms with Gasteiger partial charge in [-0.25, -0.2) is 13.8 Å². The first-order chi connectivity index (χ1) is 12.9. The van der Waals surface area contributed by atoms with Crippen LogP contribution in [0.3, 0.4) is 0 Å². The van der Waals surface area contributed by atoms with Gasteiger partial charge < -0.3 is 4.74 Å². The maximum atomic E-state index is 13.3. The van der Waals surface area contributed by atoms with E-state index in [0.29, 0.717) is 29.1 Å². The Morgan fingerprint density at radius 1 is 1.04 bits per heavy atom. The van der Waals surface area contributed by atoms with Crippen molar-refractivity contribution in [1.29, 1.82) is 0 Å². The molecule has 0 aliphatic carbocycles. The average molecular weight is 369 g/mol. The molecule has 3 rings (SSSR count). The van der Waals surface area contributed by atoms with Gasteiger partial charge in [-0.1, -0.05) is 6.92 Å². The van der Waals surface area contributed by atoms with Gasteiger partial charge in [-0.15, -0.1) is 0 Å². The number of carbonyl (C=O) groups is 1. The summed E-state index contributed by atoms with van der Waals surface area (Å²) in [6.07, 6.45) is 4.12. The van der Waals surface area contributed by atoms with Crippen molar-refractivity contribution in [2.24, 2.45) is 0 Å². The van der Waals surface area contributed by atoms with E-state index in [1.807, 2.05) is 6.92 Å². The summed E-state index contributed by atoms with van der Waals surface area (Å²) in [4.78, 5) is 24.6. The Morgan fingerprint density at radius 3 is 2.56 bits per heavy atom. The second-order valence-electron chi connectivity index (χ2n) is 6.00. The Kier molecular flexibility index (Phi) is 5.49. The van der Waals surface area contributed by atoms with E-state index in [0.717, 1.165) is 12.4 Å². The maximum Gasteiger partial charge on any atom is 0.187 e. The molecule has 5 nitrogen and oxygen atoms in total. The van der Waals surface area contributed by atoms with Crippen LogP contribution in [-0.4, -0.2) is 20.7 Å². The van der Waals surface area contributed by atoms with Crippen molar-refractivity contribution in [3.8, 4) is 11.5 Å². The van der Waals surface area contributed by atoms with Gasteiger partial charge in [0.2, 0.25) is 0 Å². The van der Waals surface area contributed by atoms with Crippen LogP contribution in [-0.2, 0) is 12.8 Å². The summed E-state index contributed by atoms with van der Waals surface area (Å²) >= 11 is 0. The van der Waals surface area contributed by atoms with E-state index in [1.54, 1.807) is 13.0 Å². The zero-order valence-corrected chi connectivity index (χ0v) is 14.9. The summed E-state index contributed by atoms with van der Waals surface area (Å²) in [5, 5.41) is 0. The molecule has 0 saturated carbocycles. The van der Waals surface area contributed by atoms with E-state index < -0.39 is 11.6 Å². The van der Waals surface area contributed by atoms with Crippen LogP contribution in [0, 0.1) is 18.6 Å². The van der Waals surface area contributed by atoms with Crippen LogP contribution in [0.4, 0.5) is 8.78 Å². The Balaban J connectivity index is 1.85. The molecule has 0 fully saturated rings. The number of aromatic nitrogens is 3. The lowest BCUT2D eigenvalue weighted by molar-refractivity contribution is 0.0986. The zero-order valence-electron chi connectivity index (χ0n) is 14.9. The molecule has 0 atom stereocenters. The van der Waals surface area contributed by atoms with Gasteiger partial charge in [0.25, 0.3) is 0 Å². The molecule has 0 N–H and O–H groups in total. The summed E-state index contributed by atoms with van der Waals surface area (Å²) in [6, 6.07) is 5.91. The van der Waals surface area contributed by atoms with Gasteiger partial charge in [-0.2, -0.15) is 0 Å². The van der Waals surface area contributed by atoms with E-state index in [2.05, 4.69) is 15.0 Å². The van der Waals surface area contributed by atoms with Gasteiger partial charge >= 0.3 is 0 Å². The third kappa shape index (κ3) is 4.69. The third-order valence-electron chi connectivity index (χ3n) is 3.86. The summed E-state index contributed by atoms with van der Waals surface area (Å²) in [5.74, 6) is -0.632. The van der Waals surface area contributed by atoms with E-state index in [4.69, 9.17) is 4.74 Å². The average Bonchev–Trinajstić information content (AvgIpc) is 2.64. The lowest BCUT2D eigenvalue weighted by Crippen LogP contribution is -2.09. The van der Waals surface area contributed by atoms with E-state index >= 15 is 0 Å². The molecule has 0 unspecified atom stereocenters. The molecule has 0 saturated heterocycles. The van der Waals surface area contributed by atoms with Crippen molar-refractivity contribution in [2.75, 3.05) is 0 Å². The molecule has 0 aliphatic heterocycles. The Hall–Kier alpha value is -3.22. The molecule has 3 heterocycles. The molecule has 0 bridgehead atoms. The Morgan fingerprint density at radius 2 is 1.85 bits per heavy atom. The smallest absolute Gasteiger partial charge is 0.187 e. The van der Waals surface area contributed by atoms with Crippen molar-refractivity contribution in [1.82, 2.24) is 15.0 Å². The first kappa shape index (κ1) is 18.6. The van der Waals surface area contributed by atoms with Crippen molar-refractivity contribution in [3.05, 3.63) is 77.1 Å². The molecule has 0 amide bonds. The van der Waals surface area contributed by atoms with Crippen LogP contribution in [0.25, 0.3) is 0 Å². The molecule has 0 spiro atoms. The van der Waals surface area contributed by atoms with E-state index in [1.165, 1.54) is 24.4 Å². The number of hydrogen-bond donors (Lipinski definition) is 0. The second kappa shape index (κ2) is 7.99. The fraction of sp³-hybridized carbons (Fsp3) is 0.200. The first-order valence-electron chi connectivity index (χ1n) is 8.38. The minimum absolute atomic E-state index is 0.0117. The number of pyridine rings is 3. The predicted molar refractivity (Wildman–Crippen MR) is 94.9 cm³/mol. The SMILES string of the molecule is CCc1cc(Oc2cncc(F)c2)cc(C(=O)Cc2cc(C)c(F)cn2)n1. The number of Topliss-reactive ketones (excluding diaryl/α,β-unsaturated/α-hetero) is 1. The van der Waals surface area contributed by atoms with Crippen LogP contribution in [0.5, 0.6) is 11.5 Å². The van der Waals surface area contributed by atoms with Crippen LogP contribution >= 0.6 is 0 Å². The highest BCUT2D eigenvalue weighted by molar-refractivity contribution is 5.96. The van der Waals surface area contributed by atoms with Crippen LogP contribution in [0.1, 0.15) is 34.4 Å². The van der Waals surface area contributed by atoms with Gasteiger partial charge in [-0.05, 0) is 25.0 Å². The standard InChI is InChI=1S/C20H17F2N3O2/c1-3-14-6-16(27-17-5-13(21)9-23-10-17)8-19(25-14)20(26)7-15-4-12(2)18(22)11-24-15/h4-6,8-11H,3,7H2,1-2H3. The molecule has 7 heteroatoms. The molecular weight excluding hydrogens is 352 g/mol. The molecule has 3 aromatic rings. The number of hydrogen-bond acceptors (Lipinski definition) is 5. The molecule has 0 aromatic carbocycles. The predicted octanol–water partition coefficient (Wildman–Crippen LogP) is 4.24. The molecule has 138 valence electrons. The summed E-state index contributed by atoms with van der Waals surface area (Å²) in [7, 11) is 0. The molecule has 3 aromatic heterocycles. The van der Waals surface area contributed by atoms with Gasteiger partial charge in [0, 0.05) is 29.6 Å². The Labute approximate surface area is 155 Å². The monoisotopic (exact) mass is 369 g/mol. The van der Waals surface area contributed by atoms with Crippen molar-refractivity contribution in [3.63, 3.8) is 0 Å². The molecule has 27 heavy (non-hydrogen) atoms. The lowest BCUT2D eigenvalue weighted by atomic mass is 10.1. The van der Waals surface area contributed by atoms with Gasteiger partial charge in [0.05, 0.1) is 25.0 Å². The third-order valence-corrected chi connectivity index (χ3v) is 3.86. The fourth-order valence-corrected chi connectivity index (χ4v) is 2.48. The molecular formula is C20H17F2N3O2. The summed E-state index contributed by atoms with van der Waals surface area (Å²) < 4.78 is 32.2. The quantitative estimate of drug-likeness (QED) is 0.608. The van der Waals surface area contributed by atoms with Gasteiger partial charge in [0.15, 0.2) is 5.78 Å². The highest BCUT2D eigenvalue weighted by Crippen LogP contribution is 2.23. The van der Waals surface area contributed by atoms with Gasteiger partial charge in [-0.3, -0.25) is 14.8 Å². The molecule has 0 aliphatic rings. The summed E-state index contributed by atoms with van der Waals surface area (Å²) in [6.45, 7) is 3.51. The van der Waals surface area contributed by atoms with Crippen LogP contribution < -0.4 is 4.74 Å². The number of halogens is 2. The van der Waals surface area contributed by atoms with Crippen LogP contribution in [0.15, 0.2) is 42.9 Å². The van der Waals surface area contributed by atoms with Crippen molar-refractivity contribution >= 4 is 5.78 Å². The zero-order chi connectivity index (χ0) is 19.4.